The van der Waals surface area contributed by atoms with Crippen LogP contribution in [-0.2, 0) is 16.6 Å². The van der Waals surface area contributed by atoms with Crippen LogP contribution in [0.3, 0.4) is 0 Å². The number of hydrogen-bond acceptors (Lipinski definition) is 3. The average Bonchev–Trinajstić information content (AvgIpc) is 3.16. The van der Waals surface area contributed by atoms with E-state index in [1.807, 2.05) is 18.2 Å². The van der Waals surface area contributed by atoms with E-state index in [1.54, 1.807) is 30.5 Å². The van der Waals surface area contributed by atoms with Crippen molar-refractivity contribution in [3.05, 3.63) is 65.4 Å². The van der Waals surface area contributed by atoms with Gasteiger partial charge in [-0.15, -0.1) is 0 Å². The molecule has 0 saturated carbocycles. The Morgan fingerprint density at radius 3 is 2.44 bits per heavy atom. The Balaban J connectivity index is 2.06. The predicted molar refractivity (Wildman–Crippen MR) is 98.3 cm³/mol. The van der Waals surface area contributed by atoms with Crippen molar-refractivity contribution in [1.29, 1.82) is 0 Å². The summed E-state index contributed by atoms with van der Waals surface area (Å²) < 4.78 is 27.7. The highest BCUT2D eigenvalue weighted by Gasteiger charge is 2.32. The molecule has 3 aromatic rings. The Morgan fingerprint density at radius 1 is 1.08 bits per heavy atom. The fourth-order valence-electron chi connectivity index (χ4n) is 4.27. The van der Waals surface area contributed by atoms with E-state index < -0.39 is 10.0 Å². The molecule has 4 rings (SSSR count). The molecular weight excluding hydrogens is 334 g/mol. The fraction of sp³-hybridized carbons (Fsp3) is 0.300. The molecule has 0 fully saturated rings. The van der Waals surface area contributed by atoms with E-state index in [-0.39, 0.29) is 17.4 Å². The molecule has 1 aromatic heterocycles. The Bertz CT molecular complexity index is 1050. The van der Waals surface area contributed by atoms with Crippen molar-refractivity contribution in [3.8, 4) is 0 Å². The molecule has 0 radical (unpaired) electrons. The zero-order valence-electron chi connectivity index (χ0n) is 14.3. The van der Waals surface area contributed by atoms with Crippen LogP contribution in [0, 0.1) is 0 Å². The number of nitrogens with zero attached hydrogens (tertiary/aromatic N) is 1. The molecule has 1 heterocycles. The first kappa shape index (κ1) is 16.4. The highest BCUT2D eigenvalue weighted by atomic mass is 32.2. The molecule has 0 amide bonds. The summed E-state index contributed by atoms with van der Waals surface area (Å²) >= 11 is 0. The summed E-state index contributed by atoms with van der Waals surface area (Å²) in [5, 5.41) is 10.6. The summed E-state index contributed by atoms with van der Waals surface area (Å²) in [6.07, 6.45) is 2.60. The van der Waals surface area contributed by atoms with Crippen LogP contribution in [0.2, 0.25) is 0 Å². The molecule has 0 aliphatic heterocycles. The van der Waals surface area contributed by atoms with Crippen LogP contribution in [0.25, 0.3) is 10.9 Å². The lowest BCUT2D eigenvalue weighted by Gasteiger charge is -2.16. The van der Waals surface area contributed by atoms with Gasteiger partial charge in [-0.05, 0) is 59.2 Å². The van der Waals surface area contributed by atoms with Crippen molar-refractivity contribution in [2.45, 2.75) is 43.6 Å². The zero-order chi connectivity index (χ0) is 17.8. The minimum absolute atomic E-state index is 0.0219. The monoisotopic (exact) mass is 355 g/mol. The van der Waals surface area contributed by atoms with E-state index in [9.17, 15) is 13.5 Å². The van der Waals surface area contributed by atoms with Crippen molar-refractivity contribution in [3.63, 3.8) is 0 Å². The molecule has 25 heavy (non-hydrogen) atoms. The molecule has 1 N–H and O–H groups in total. The number of fused-ring (bicyclic) bond motifs is 3. The van der Waals surface area contributed by atoms with Gasteiger partial charge in [0.2, 0.25) is 0 Å². The molecule has 130 valence electrons. The van der Waals surface area contributed by atoms with Crippen molar-refractivity contribution in [2.75, 3.05) is 0 Å². The van der Waals surface area contributed by atoms with Crippen LogP contribution in [0.5, 0.6) is 0 Å². The predicted octanol–water partition coefficient (Wildman–Crippen LogP) is 3.98. The Kier molecular flexibility index (Phi) is 3.74. The molecule has 2 atom stereocenters. The average molecular weight is 355 g/mol. The summed E-state index contributed by atoms with van der Waals surface area (Å²) in [6.45, 7) is 4.26. The van der Waals surface area contributed by atoms with Crippen molar-refractivity contribution < 1.29 is 13.5 Å². The first-order valence-corrected chi connectivity index (χ1v) is 9.97. The lowest BCUT2D eigenvalue weighted by molar-refractivity contribution is 0.280. The van der Waals surface area contributed by atoms with Gasteiger partial charge < -0.3 is 5.11 Å². The third-order valence-corrected chi connectivity index (χ3v) is 6.96. The molecule has 0 bridgehead atoms. The Morgan fingerprint density at radius 2 is 1.76 bits per heavy atom. The summed E-state index contributed by atoms with van der Waals surface area (Å²) in [6, 6.07) is 12.3. The standard InChI is InChI=1S/C20H21NO3S/c1-13-10-14(2)19-18(13)16(12-22)11-15-8-9-21(20(15)19)25(23,24)17-6-4-3-5-7-17/h3-9,11,13-14,22H,10,12H2,1-2H3/t13-,14-/m1/s1. The van der Waals surface area contributed by atoms with E-state index in [0.717, 1.165) is 34.0 Å². The quantitative estimate of drug-likeness (QED) is 0.773. The van der Waals surface area contributed by atoms with Gasteiger partial charge in [-0.2, -0.15) is 0 Å². The molecule has 4 nitrogen and oxygen atoms in total. The topological polar surface area (TPSA) is 59.3 Å². The first-order valence-electron chi connectivity index (χ1n) is 8.53. The maximum absolute atomic E-state index is 13.2. The highest BCUT2D eigenvalue weighted by molar-refractivity contribution is 7.90. The zero-order valence-corrected chi connectivity index (χ0v) is 15.1. The molecular formula is C20H21NO3S. The number of rotatable bonds is 3. The van der Waals surface area contributed by atoms with Crippen molar-refractivity contribution >= 4 is 20.9 Å². The molecule has 1 aliphatic rings. The normalized spacial score (nSPS) is 20.1. The number of aromatic nitrogens is 1. The third-order valence-electron chi connectivity index (χ3n) is 5.27. The first-order chi connectivity index (χ1) is 11.9. The van der Waals surface area contributed by atoms with Crippen LogP contribution in [0.4, 0.5) is 0 Å². The summed E-state index contributed by atoms with van der Waals surface area (Å²) in [5.74, 6) is 0.581. The van der Waals surface area contributed by atoms with Crippen molar-refractivity contribution in [2.24, 2.45) is 0 Å². The lowest BCUT2D eigenvalue weighted by Crippen LogP contribution is -2.13. The van der Waals surface area contributed by atoms with Gasteiger partial charge in [0, 0.05) is 11.6 Å². The van der Waals surface area contributed by atoms with E-state index >= 15 is 0 Å². The molecule has 0 unspecified atom stereocenters. The van der Waals surface area contributed by atoms with Gasteiger partial charge in [0.25, 0.3) is 10.0 Å². The minimum atomic E-state index is -3.65. The van der Waals surface area contributed by atoms with E-state index in [4.69, 9.17) is 0 Å². The smallest absolute Gasteiger partial charge is 0.268 e. The van der Waals surface area contributed by atoms with E-state index in [0.29, 0.717) is 5.92 Å². The second-order valence-corrected chi connectivity index (χ2v) is 8.74. The SMILES string of the molecule is C[C@@H]1C[C@@H](C)c2c1c(CO)cc1ccn(S(=O)(=O)c3ccccc3)c21. The van der Waals surface area contributed by atoms with Gasteiger partial charge in [-0.1, -0.05) is 32.0 Å². The van der Waals surface area contributed by atoms with E-state index in [1.165, 1.54) is 3.97 Å². The molecule has 0 saturated heterocycles. The van der Waals surface area contributed by atoms with Crippen molar-refractivity contribution in [1.82, 2.24) is 3.97 Å². The van der Waals surface area contributed by atoms with Crippen LogP contribution in [0.15, 0.2) is 53.6 Å². The maximum atomic E-state index is 13.2. The third kappa shape index (κ3) is 2.34. The second kappa shape index (κ2) is 5.71. The van der Waals surface area contributed by atoms with Crippen LogP contribution < -0.4 is 0 Å². The number of aliphatic hydroxyl groups is 1. The Hall–Kier alpha value is -2.11. The maximum Gasteiger partial charge on any atom is 0.268 e. The summed E-state index contributed by atoms with van der Waals surface area (Å²) in [4.78, 5) is 0.284. The molecule has 2 aromatic carbocycles. The van der Waals surface area contributed by atoms with E-state index in [2.05, 4.69) is 13.8 Å². The largest absolute Gasteiger partial charge is 0.392 e. The number of hydrogen-bond donors (Lipinski definition) is 1. The highest BCUT2D eigenvalue weighted by Crippen LogP contribution is 2.47. The number of benzene rings is 2. The molecule has 0 spiro atoms. The minimum Gasteiger partial charge on any atom is -0.392 e. The molecule has 5 heteroatoms. The second-order valence-electron chi connectivity index (χ2n) is 6.93. The van der Waals surface area contributed by atoms with Gasteiger partial charge in [-0.25, -0.2) is 12.4 Å². The Labute approximate surface area is 147 Å². The van der Waals surface area contributed by atoms with Gasteiger partial charge in [-0.3, -0.25) is 0 Å². The number of aliphatic hydroxyl groups excluding tert-OH is 1. The summed E-state index contributed by atoms with van der Waals surface area (Å²) in [5.41, 5.74) is 3.85. The fourth-order valence-corrected chi connectivity index (χ4v) is 5.66. The van der Waals surface area contributed by atoms with Gasteiger partial charge in [0.05, 0.1) is 17.0 Å². The van der Waals surface area contributed by atoms with Crippen LogP contribution in [-0.4, -0.2) is 17.5 Å². The van der Waals surface area contributed by atoms with Gasteiger partial charge in [0.15, 0.2) is 0 Å². The summed E-state index contributed by atoms with van der Waals surface area (Å²) in [7, 11) is -3.65. The molecule has 1 aliphatic carbocycles. The van der Waals surface area contributed by atoms with Gasteiger partial charge >= 0.3 is 0 Å². The van der Waals surface area contributed by atoms with Crippen LogP contribution >= 0.6 is 0 Å². The lowest BCUT2D eigenvalue weighted by atomic mass is 9.95. The van der Waals surface area contributed by atoms with Gasteiger partial charge in [0.1, 0.15) is 0 Å². The van der Waals surface area contributed by atoms with Crippen LogP contribution in [0.1, 0.15) is 48.8 Å².